The SMILES string of the molecule is NCCc1ccc(C(=O)N2CCN(S(N)(=O)=O)CC2)cc1. The van der Waals surface area contributed by atoms with Crippen molar-refractivity contribution in [2.75, 3.05) is 32.7 Å². The van der Waals surface area contributed by atoms with Crippen LogP contribution in [0.15, 0.2) is 24.3 Å². The minimum absolute atomic E-state index is 0.0941. The first-order chi connectivity index (χ1) is 9.91. The summed E-state index contributed by atoms with van der Waals surface area (Å²) >= 11 is 0. The van der Waals surface area contributed by atoms with Crippen molar-refractivity contribution in [1.29, 1.82) is 0 Å². The lowest BCUT2D eigenvalue weighted by Crippen LogP contribution is -2.52. The largest absolute Gasteiger partial charge is 0.336 e. The summed E-state index contributed by atoms with van der Waals surface area (Å²) in [5.41, 5.74) is 7.17. The van der Waals surface area contributed by atoms with E-state index in [2.05, 4.69) is 0 Å². The van der Waals surface area contributed by atoms with Gasteiger partial charge in [0, 0.05) is 31.7 Å². The highest BCUT2D eigenvalue weighted by Crippen LogP contribution is 2.11. The molecule has 1 saturated heterocycles. The van der Waals surface area contributed by atoms with Gasteiger partial charge < -0.3 is 10.6 Å². The van der Waals surface area contributed by atoms with Crippen LogP contribution >= 0.6 is 0 Å². The number of nitrogens with two attached hydrogens (primary N) is 2. The van der Waals surface area contributed by atoms with Crippen molar-refractivity contribution in [1.82, 2.24) is 9.21 Å². The van der Waals surface area contributed by atoms with E-state index >= 15 is 0 Å². The second kappa shape index (κ2) is 6.52. The number of carbonyl (C=O) groups excluding carboxylic acids is 1. The lowest BCUT2D eigenvalue weighted by molar-refractivity contribution is 0.0698. The maximum absolute atomic E-state index is 12.3. The highest BCUT2D eigenvalue weighted by atomic mass is 32.2. The lowest BCUT2D eigenvalue weighted by Gasteiger charge is -2.33. The van der Waals surface area contributed by atoms with Crippen LogP contribution in [0.3, 0.4) is 0 Å². The molecule has 116 valence electrons. The molecule has 0 unspecified atom stereocenters. The van der Waals surface area contributed by atoms with E-state index in [0.717, 1.165) is 12.0 Å². The van der Waals surface area contributed by atoms with Crippen LogP contribution in [0, 0.1) is 0 Å². The van der Waals surface area contributed by atoms with Crippen molar-refractivity contribution >= 4 is 16.1 Å². The Labute approximate surface area is 124 Å². The number of nitrogens with zero attached hydrogens (tertiary/aromatic N) is 2. The van der Waals surface area contributed by atoms with E-state index in [4.69, 9.17) is 10.9 Å². The van der Waals surface area contributed by atoms with Crippen molar-refractivity contribution in [3.05, 3.63) is 35.4 Å². The monoisotopic (exact) mass is 312 g/mol. The van der Waals surface area contributed by atoms with Gasteiger partial charge in [0.25, 0.3) is 16.1 Å². The summed E-state index contributed by atoms with van der Waals surface area (Å²) in [6.45, 7) is 1.73. The van der Waals surface area contributed by atoms with Gasteiger partial charge in [0.1, 0.15) is 0 Å². The smallest absolute Gasteiger partial charge is 0.277 e. The average molecular weight is 312 g/mol. The van der Waals surface area contributed by atoms with Gasteiger partial charge in [0.05, 0.1) is 0 Å². The molecule has 1 aromatic carbocycles. The number of hydrogen-bond acceptors (Lipinski definition) is 4. The Hall–Kier alpha value is -1.48. The zero-order valence-corrected chi connectivity index (χ0v) is 12.6. The molecular formula is C13H20N4O3S. The normalized spacial score (nSPS) is 17.0. The van der Waals surface area contributed by atoms with Gasteiger partial charge >= 0.3 is 0 Å². The van der Waals surface area contributed by atoms with Gasteiger partial charge in [-0.1, -0.05) is 12.1 Å². The van der Waals surface area contributed by atoms with Gasteiger partial charge in [-0.2, -0.15) is 12.7 Å². The molecule has 0 saturated carbocycles. The zero-order chi connectivity index (χ0) is 15.5. The maximum Gasteiger partial charge on any atom is 0.277 e. The van der Waals surface area contributed by atoms with Gasteiger partial charge in [-0.15, -0.1) is 0 Å². The maximum atomic E-state index is 12.3. The first-order valence-electron chi connectivity index (χ1n) is 6.78. The first kappa shape index (κ1) is 15.9. The molecule has 1 aliphatic rings. The molecule has 0 bridgehead atoms. The predicted molar refractivity (Wildman–Crippen MR) is 79.8 cm³/mol. The van der Waals surface area contributed by atoms with Crippen LogP contribution in [0.5, 0.6) is 0 Å². The molecule has 4 N–H and O–H groups in total. The van der Waals surface area contributed by atoms with Crippen LogP contribution in [0.4, 0.5) is 0 Å². The van der Waals surface area contributed by atoms with Crippen LogP contribution in [0.1, 0.15) is 15.9 Å². The number of hydrogen-bond donors (Lipinski definition) is 2. The molecular weight excluding hydrogens is 292 g/mol. The molecule has 0 aliphatic carbocycles. The minimum atomic E-state index is -3.67. The number of rotatable bonds is 4. The second-order valence-corrected chi connectivity index (χ2v) is 6.52. The molecule has 0 atom stereocenters. The minimum Gasteiger partial charge on any atom is -0.336 e. The molecule has 2 rings (SSSR count). The van der Waals surface area contributed by atoms with Crippen molar-refractivity contribution < 1.29 is 13.2 Å². The highest BCUT2D eigenvalue weighted by Gasteiger charge is 2.26. The van der Waals surface area contributed by atoms with E-state index in [1.165, 1.54) is 4.31 Å². The zero-order valence-electron chi connectivity index (χ0n) is 11.7. The van der Waals surface area contributed by atoms with Crippen molar-refractivity contribution in [3.63, 3.8) is 0 Å². The van der Waals surface area contributed by atoms with Gasteiger partial charge in [0.2, 0.25) is 0 Å². The van der Waals surface area contributed by atoms with Crippen molar-refractivity contribution in [2.24, 2.45) is 10.9 Å². The van der Waals surface area contributed by atoms with Crippen LogP contribution < -0.4 is 10.9 Å². The Balaban J connectivity index is 1.98. The van der Waals surface area contributed by atoms with Gasteiger partial charge in [0.15, 0.2) is 0 Å². The molecule has 1 aromatic rings. The topological polar surface area (TPSA) is 110 Å². The molecule has 7 nitrogen and oxygen atoms in total. The third-order valence-corrected chi connectivity index (χ3v) is 4.60. The van der Waals surface area contributed by atoms with Gasteiger partial charge in [-0.3, -0.25) is 4.79 Å². The first-order valence-corrected chi connectivity index (χ1v) is 8.28. The number of carbonyl (C=O) groups is 1. The molecule has 1 heterocycles. The predicted octanol–water partition coefficient (Wildman–Crippen LogP) is -0.851. The summed E-state index contributed by atoms with van der Waals surface area (Å²) in [6, 6.07) is 7.33. The fourth-order valence-electron chi connectivity index (χ4n) is 2.31. The summed E-state index contributed by atoms with van der Waals surface area (Å²) < 4.78 is 23.6. The quantitative estimate of drug-likeness (QED) is 0.754. The Kier molecular flexibility index (Phi) is 4.94. The highest BCUT2D eigenvalue weighted by molar-refractivity contribution is 7.86. The fraction of sp³-hybridized carbons (Fsp3) is 0.462. The van der Waals surface area contributed by atoms with Gasteiger partial charge in [-0.25, -0.2) is 5.14 Å². The van der Waals surface area contributed by atoms with Crippen molar-refractivity contribution in [2.45, 2.75) is 6.42 Å². The third kappa shape index (κ3) is 4.01. The van der Waals surface area contributed by atoms with Crippen molar-refractivity contribution in [3.8, 4) is 0 Å². The van der Waals surface area contributed by atoms with Crippen LogP contribution in [0.2, 0.25) is 0 Å². The Morgan fingerprint density at radius 2 is 1.67 bits per heavy atom. The number of piperazine rings is 1. The van der Waals surface area contributed by atoms with Gasteiger partial charge in [-0.05, 0) is 30.7 Å². The number of amides is 1. The molecule has 0 spiro atoms. The molecule has 0 radical (unpaired) electrons. The van der Waals surface area contributed by atoms with E-state index in [9.17, 15) is 13.2 Å². The summed E-state index contributed by atoms with van der Waals surface area (Å²) in [5.74, 6) is -0.0941. The lowest BCUT2D eigenvalue weighted by atomic mass is 10.1. The van der Waals surface area contributed by atoms with E-state index in [0.29, 0.717) is 25.2 Å². The molecule has 8 heteroatoms. The van der Waals surface area contributed by atoms with Crippen LogP contribution in [-0.4, -0.2) is 56.3 Å². The molecule has 1 aliphatic heterocycles. The summed E-state index contributed by atoms with van der Waals surface area (Å²) in [4.78, 5) is 14.0. The van der Waals surface area contributed by atoms with E-state index < -0.39 is 10.2 Å². The summed E-state index contributed by atoms with van der Waals surface area (Å²) in [6.07, 6.45) is 0.779. The van der Waals surface area contributed by atoms with Crippen LogP contribution in [-0.2, 0) is 16.6 Å². The molecule has 21 heavy (non-hydrogen) atoms. The molecule has 1 fully saturated rings. The molecule has 0 aromatic heterocycles. The van der Waals surface area contributed by atoms with E-state index in [1.54, 1.807) is 17.0 Å². The average Bonchev–Trinajstić information content (AvgIpc) is 2.47. The standard InChI is InChI=1S/C13H20N4O3S/c14-6-5-11-1-3-12(4-2-11)13(18)16-7-9-17(10-8-16)21(15,19)20/h1-4H,5-10,14H2,(H2,15,19,20). The van der Waals surface area contributed by atoms with E-state index in [1.807, 2.05) is 12.1 Å². The van der Waals surface area contributed by atoms with Crippen LogP contribution in [0.25, 0.3) is 0 Å². The fourth-order valence-corrected chi connectivity index (χ4v) is 2.98. The number of benzene rings is 1. The summed E-state index contributed by atoms with van der Waals surface area (Å²) in [7, 11) is -3.67. The summed E-state index contributed by atoms with van der Waals surface area (Å²) in [5, 5.41) is 5.07. The third-order valence-electron chi connectivity index (χ3n) is 3.52. The Morgan fingerprint density at radius 1 is 1.10 bits per heavy atom. The second-order valence-electron chi connectivity index (χ2n) is 4.97. The Morgan fingerprint density at radius 3 is 2.14 bits per heavy atom. The van der Waals surface area contributed by atoms with E-state index in [-0.39, 0.29) is 19.0 Å². The Bertz CT molecular complexity index is 592. The molecule has 1 amide bonds.